The molecule has 10 rings (SSSR count). The first-order valence-electron chi connectivity index (χ1n) is 21.6. The molecule has 0 saturated carbocycles. The molecule has 0 aliphatic heterocycles. The molecule has 0 N–H and O–H groups in total. The topological polar surface area (TPSA) is 0 Å². The third kappa shape index (κ3) is 7.76. The van der Waals surface area contributed by atoms with E-state index in [1.807, 2.05) is 0 Å². The van der Waals surface area contributed by atoms with Crippen molar-refractivity contribution in [1.29, 1.82) is 0 Å². The van der Waals surface area contributed by atoms with Gasteiger partial charge in [0.2, 0.25) is 0 Å². The fourth-order valence-electron chi connectivity index (χ4n) is 10.1. The fraction of sp³-hybridized carbons (Fsp3) is 0.169. The fourth-order valence-corrected chi connectivity index (χ4v) is 19.2. The van der Waals surface area contributed by atoms with Crippen LogP contribution in [0.15, 0.2) is 191 Å². The van der Waals surface area contributed by atoms with Gasteiger partial charge in [0.05, 0.1) is 0 Å². The van der Waals surface area contributed by atoms with Crippen LogP contribution in [0.4, 0.5) is 0 Å². The van der Waals surface area contributed by atoms with E-state index in [0.29, 0.717) is 0 Å². The van der Waals surface area contributed by atoms with Gasteiger partial charge >= 0.3 is 367 Å². The molecule has 2 aliphatic rings. The smallest absolute Gasteiger partial charge is 0.147 e. The van der Waals surface area contributed by atoms with E-state index >= 15 is 0 Å². The zero-order chi connectivity index (χ0) is 41.2. The Morgan fingerprint density at radius 1 is 0.468 bits per heavy atom. The number of halogens is 2. The van der Waals surface area contributed by atoms with Crippen LogP contribution in [0, 0.1) is 0 Å². The second kappa shape index (κ2) is 17.3. The Morgan fingerprint density at radius 2 is 0.887 bits per heavy atom. The predicted molar refractivity (Wildman–Crippen MR) is 269 cm³/mol. The van der Waals surface area contributed by atoms with Crippen molar-refractivity contribution in [3.63, 3.8) is 0 Å². The van der Waals surface area contributed by atoms with Crippen LogP contribution >= 0.6 is 24.8 Å². The summed E-state index contributed by atoms with van der Waals surface area (Å²) in [6.45, 7) is 14.3. The maximum Gasteiger partial charge on any atom is -0.147 e. The summed E-state index contributed by atoms with van der Waals surface area (Å²) in [6, 6.07) is 65.1. The van der Waals surface area contributed by atoms with E-state index in [2.05, 4.69) is 230 Å². The van der Waals surface area contributed by atoms with Crippen molar-refractivity contribution < 1.29 is 21.3 Å². The van der Waals surface area contributed by atoms with Crippen LogP contribution in [0.25, 0.3) is 54.9 Å². The molecular formula is C59H54Cl2Zr. The molecule has 308 valence electrons. The Bertz CT molecular complexity index is 2870. The van der Waals surface area contributed by atoms with Crippen molar-refractivity contribution in [2.24, 2.45) is 0 Å². The molecule has 8 aromatic rings. The molecule has 0 atom stereocenters. The van der Waals surface area contributed by atoms with E-state index in [1.165, 1.54) is 88.3 Å². The zero-order valence-corrected chi connectivity index (χ0v) is 40.6. The SMILES string of the molecule is CC(C)(C)c1cc2c(cc1-c1ccccc1)[CH]([Zr]([C]1=CC=CC1)=[C](c1cccc3ccccc13)c1cccc3ccccc13)c1cc(-c3ccccc3)c(C(C)(C)C)cc1-2.Cl.Cl. The van der Waals surface area contributed by atoms with E-state index in [4.69, 9.17) is 0 Å². The average Bonchev–Trinajstić information content (AvgIpc) is 3.91. The third-order valence-corrected chi connectivity index (χ3v) is 21.1. The number of fused-ring (bicyclic) bond motifs is 5. The Morgan fingerprint density at radius 3 is 1.31 bits per heavy atom. The van der Waals surface area contributed by atoms with E-state index in [0.717, 1.165) is 6.42 Å². The van der Waals surface area contributed by atoms with Gasteiger partial charge in [-0.15, -0.1) is 24.8 Å². The van der Waals surface area contributed by atoms with Crippen LogP contribution in [0.1, 0.15) is 85.0 Å². The summed E-state index contributed by atoms with van der Waals surface area (Å²) in [5.74, 6) is 0. The van der Waals surface area contributed by atoms with Gasteiger partial charge < -0.3 is 0 Å². The van der Waals surface area contributed by atoms with Gasteiger partial charge in [0.15, 0.2) is 0 Å². The Labute approximate surface area is 388 Å². The Balaban J connectivity index is 0.00000264. The summed E-state index contributed by atoms with van der Waals surface area (Å²) in [5.41, 5.74) is 16.6. The molecular weight excluding hydrogens is 871 g/mol. The third-order valence-electron chi connectivity index (χ3n) is 12.9. The molecule has 0 bridgehead atoms. The van der Waals surface area contributed by atoms with Crippen molar-refractivity contribution in [2.75, 3.05) is 0 Å². The average molecular weight is 925 g/mol. The van der Waals surface area contributed by atoms with Crippen molar-refractivity contribution in [3.05, 3.63) is 225 Å². The van der Waals surface area contributed by atoms with Crippen molar-refractivity contribution in [2.45, 2.75) is 62.4 Å². The first-order chi connectivity index (χ1) is 29.1. The van der Waals surface area contributed by atoms with E-state index < -0.39 is 21.3 Å². The molecule has 0 nitrogen and oxygen atoms in total. The molecule has 0 radical (unpaired) electrons. The molecule has 2 aliphatic carbocycles. The molecule has 0 heterocycles. The van der Waals surface area contributed by atoms with Crippen LogP contribution in [-0.4, -0.2) is 3.21 Å². The molecule has 3 heteroatoms. The van der Waals surface area contributed by atoms with Gasteiger partial charge in [0.1, 0.15) is 0 Å². The predicted octanol–water partition coefficient (Wildman–Crippen LogP) is 16.6. The van der Waals surface area contributed by atoms with Crippen molar-refractivity contribution in [1.82, 2.24) is 0 Å². The molecule has 0 aromatic heterocycles. The van der Waals surface area contributed by atoms with Gasteiger partial charge in [0.25, 0.3) is 0 Å². The van der Waals surface area contributed by atoms with Crippen LogP contribution < -0.4 is 0 Å². The summed E-state index contributed by atoms with van der Waals surface area (Å²) in [5, 5.41) is 5.27. The second-order valence-corrected chi connectivity index (χ2v) is 25.1. The standard InChI is InChI=1S/C33H33.C21H14.C5H5.2ClH.Zr/c1-32(2,3)30-20-26-24(18-28(30)22-13-9-7-10-14-22)17-25-19-29(23-15-11-8-12-16-23)31(21-27(25)26)33(4,5)6;1-3-13-20-16(7-1)9-5-11-18(20)15-19-12-6-10-17-8-2-4-14-21(17)19;1-2-4-5-3-1;;;/h7-21H,1-6H3;1-14H;1-3H,4H2;2*1H;. The van der Waals surface area contributed by atoms with Gasteiger partial charge in [-0.3, -0.25) is 0 Å². The molecule has 0 fully saturated rings. The minimum absolute atomic E-state index is 0. The molecule has 8 aromatic carbocycles. The van der Waals surface area contributed by atoms with Crippen LogP contribution in [-0.2, 0) is 32.1 Å². The number of allylic oxidation sites excluding steroid dienone is 4. The zero-order valence-electron chi connectivity index (χ0n) is 36.5. The number of hydrogen-bond donors (Lipinski definition) is 0. The Kier molecular flexibility index (Phi) is 12.2. The minimum atomic E-state index is -3.16. The van der Waals surface area contributed by atoms with Crippen LogP contribution in [0.5, 0.6) is 0 Å². The first kappa shape index (κ1) is 43.7. The second-order valence-electron chi connectivity index (χ2n) is 18.8. The quantitative estimate of drug-likeness (QED) is 0.156. The van der Waals surface area contributed by atoms with Gasteiger partial charge in [-0.25, -0.2) is 0 Å². The summed E-state index contributed by atoms with van der Waals surface area (Å²) >= 11 is -3.16. The number of rotatable bonds is 6. The van der Waals surface area contributed by atoms with E-state index in [1.54, 1.807) is 6.49 Å². The molecule has 0 saturated heterocycles. The van der Waals surface area contributed by atoms with Gasteiger partial charge in [-0.1, -0.05) is 0 Å². The monoisotopic (exact) mass is 922 g/mol. The Hall–Kier alpha value is -4.91. The van der Waals surface area contributed by atoms with Crippen molar-refractivity contribution >= 4 is 49.6 Å². The number of benzene rings is 8. The van der Waals surface area contributed by atoms with Crippen LogP contribution in [0.3, 0.4) is 0 Å². The first-order valence-corrected chi connectivity index (χ1v) is 25.5. The largest absolute Gasteiger partial charge is 0.147 e. The van der Waals surface area contributed by atoms with E-state index in [-0.39, 0.29) is 39.3 Å². The van der Waals surface area contributed by atoms with Crippen molar-refractivity contribution in [3.8, 4) is 33.4 Å². The molecule has 0 spiro atoms. The van der Waals surface area contributed by atoms with Gasteiger partial charge in [-0.2, -0.15) is 0 Å². The van der Waals surface area contributed by atoms with Gasteiger partial charge in [0, 0.05) is 0 Å². The summed E-state index contributed by atoms with van der Waals surface area (Å²) < 4.78 is 3.48. The summed E-state index contributed by atoms with van der Waals surface area (Å²) in [7, 11) is 0. The summed E-state index contributed by atoms with van der Waals surface area (Å²) in [4.78, 5) is 0. The minimum Gasteiger partial charge on any atom is -0.147 e. The summed E-state index contributed by atoms with van der Waals surface area (Å²) in [6.07, 6.45) is 8.28. The maximum absolute atomic E-state index is 3.16. The van der Waals surface area contributed by atoms with Crippen LogP contribution in [0.2, 0.25) is 0 Å². The normalized spacial score (nSPS) is 13.3. The number of hydrogen-bond acceptors (Lipinski definition) is 0. The maximum atomic E-state index is 2.65. The van der Waals surface area contributed by atoms with Gasteiger partial charge in [-0.05, 0) is 0 Å². The molecule has 62 heavy (non-hydrogen) atoms. The molecule has 0 unspecified atom stereocenters. The van der Waals surface area contributed by atoms with E-state index in [9.17, 15) is 0 Å². The molecule has 0 amide bonds.